The van der Waals surface area contributed by atoms with Crippen LogP contribution in [0.25, 0.3) is 5.69 Å². The summed E-state index contributed by atoms with van der Waals surface area (Å²) in [5.74, 6) is 0. The third-order valence-electron chi connectivity index (χ3n) is 5.12. The molecule has 0 atom stereocenters. The minimum Gasteiger partial charge on any atom is -0.333 e. The minimum atomic E-state index is -4.55. The number of amides is 4. The normalized spacial score (nSPS) is 14.3. The molecular weight excluding hydrogens is 435 g/mol. The number of aromatic nitrogens is 2. The molecule has 1 N–H and O–H groups in total. The summed E-state index contributed by atoms with van der Waals surface area (Å²) >= 11 is 0. The standard InChI is InChI=1S/C23H20F3N5O2/c1-16-10-11-29(22(33)31(16)20-9-5-6-18(12-20)23(24,25)26)21(32)27-13-17-14-28-30(15-17)19-7-3-2-4-8-19/h2-10,12,14-15H,11,13H2,1H3,(H,27,32). The van der Waals surface area contributed by atoms with Gasteiger partial charge in [0, 0.05) is 24.0 Å². The van der Waals surface area contributed by atoms with E-state index < -0.39 is 23.8 Å². The summed E-state index contributed by atoms with van der Waals surface area (Å²) in [4.78, 5) is 27.7. The SMILES string of the molecule is CC1=CCN(C(=O)NCc2cnn(-c3ccccc3)c2)C(=O)N1c1cccc(C(F)(F)F)c1. The molecule has 10 heteroatoms. The van der Waals surface area contributed by atoms with Crippen LogP contribution in [0, 0.1) is 0 Å². The second-order valence-corrected chi connectivity index (χ2v) is 7.41. The molecule has 1 aliphatic rings. The number of benzene rings is 2. The fourth-order valence-electron chi connectivity index (χ4n) is 3.42. The smallest absolute Gasteiger partial charge is 0.333 e. The van der Waals surface area contributed by atoms with Crippen molar-refractivity contribution in [2.75, 3.05) is 11.4 Å². The molecule has 0 fully saturated rings. The van der Waals surface area contributed by atoms with Gasteiger partial charge in [0.25, 0.3) is 0 Å². The number of nitrogens with one attached hydrogen (secondary N) is 1. The Kier molecular flexibility index (Phi) is 5.91. The predicted octanol–water partition coefficient (Wildman–Crippen LogP) is 4.95. The summed E-state index contributed by atoms with van der Waals surface area (Å²) in [6.45, 7) is 1.74. The highest BCUT2D eigenvalue weighted by molar-refractivity contribution is 6.05. The minimum absolute atomic E-state index is 0.00917. The first-order valence-corrected chi connectivity index (χ1v) is 10.1. The molecule has 0 saturated heterocycles. The van der Waals surface area contributed by atoms with Crippen molar-refractivity contribution in [3.8, 4) is 5.69 Å². The molecule has 33 heavy (non-hydrogen) atoms. The zero-order valence-corrected chi connectivity index (χ0v) is 17.6. The first-order valence-electron chi connectivity index (χ1n) is 10.1. The fraction of sp³-hybridized carbons (Fsp3) is 0.174. The molecule has 0 saturated carbocycles. The maximum Gasteiger partial charge on any atom is 0.416 e. The summed E-state index contributed by atoms with van der Waals surface area (Å²) in [7, 11) is 0. The van der Waals surface area contributed by atoms with E-state index in [0.717, 1.165) is 33.2 Å². The van der Waals surface area contributed by atoms with Gasteiger partial charge in [0.15, 0.2) is 0 Å². The summed E-state index contributed by atoms with van der Waals surface area (Å²) in [6.07, 6.45) is 0.416. The summed E-state index contributed by atoms with van der Waals surface area (Å²) in [5.41, 5.74) is 1.17. The number of para-hydroxylation sites is 1. The highest BCUT2D eigenvalue weighted by Gasteiger charge is 2.34. The maximum absolute atomic E-state index is 13.1. The summed E-state index contributed by atoms with van der Waals surface area (Å²) in [6, 6.07) is 12.5. The van der Waals surface area contributed by atoms with E-state index >= 15 is 0 Å². The first kappa shape index (κ1) is 22.1. The number of allylic oxidation sites excluding steroid dienone is 1. The van der Waals surface area contributed by atoms with Crippen molar-refractivity contribution in [2.24, 2.45) is 0 Å². The Balaban J connectivity index is 1.46. The number of alkyl halides is 3. The summed E-state index contributed by atoms with van der Waals surface area (Å²) in [5, 5.41) is 6.92. The van der Waals surface area contributed by atoms with Gasteiger partial charge in [-0.3, -0.25) is 4.90 Å². The van der Waals surface area contributed by atoms with Crippen LogP contribution in [-0.4, -0.2) is 33.3 Å². The molecule has 1 aromatic heterocycles. The van der Waals surface area contributed by atoms with Crippen LogP contribution in [0.5, 0.6) is 0 Å². The molecule has 0 spiro atoms. The molecule has 1 aliphatic heterocycles. The van der Waals surface area contributed by atoms with Crippen molar-refractivity contribution in [2.45, 2.75) is 19.6 Å². The zero-order chi connectivity index (χ0) is 23.6. The lowest BCUT2D eigenvalue weighted by molar-refractivity contribution is -0.137. The van der Waals surface area contributed by atoms with Crippen molar-refractivity contribution in [1.82, 2.24) is 20.0 Å². The molecule has 0 aliphatic carbocycles. The lowest BCUT2D eigenvalue weighted by Gasteiger charge is -2.33. The van der Waals surface area contributed by atoms with Gasteiger partial charge in [0.1, 0.15) is 0 Å². The van der Waals surface area contributed by atoms with Gasteiger partial charge in [-0.2, -0.15) is 18.3 Å². The van der Waals surface area contributed by atoms with E-state index in [1.807, 2.05) is 30.3 Å². The molecule has 4 amide bonds. The van der Waals surface area contributed by atoms with E-state index in [9.17, 15) is 22.8 Å². The number of anilines is 1. The van der Waals surface area contributed by atoms with Crippen molar-refractivity contribution < 1.29 is 22.8 Å². The van der Waals surface area contributed by atoms with E-state index in [1.54, 1.807) is 30.1 Å². The van der Waals surface area contributed by atoms with Gasteiger partial charge >= 0.3 is 18.2 Å². The molecule has 4 rings (SSSR count). The van der Waals surface area contributed by atoms with Gasteiger partial charge in [-0.1, -0.05) is 24.3 Å². The average Bonchev–Trinajstić information content (AvgIpc) is 3.27. The third-order valence-corrected chi connectivity index (χ3v) is 5.12. The Morgan fingerprint density at radius 2 is 1.82 bits per heavy atom. The van der Waals surface area contributed by atoms with Crippen LogP contribution in [0.3, 0.4) is 0 Å². The van der Waals surface area contributed by atoms with Crippen LogP contribution in [-0.2, 0) is 12.7 Å². The van der Waals surface area contributed by atoms with Crippen LogP contribution in [0.4, 0.5) is 28.4 Å². The highest BCUT2D eigenvalue weighted by Crippen LogP contribution is 2.33. The van der Waals surface area contributed by atoms with Crippen LogP contribution >= 0.6 is 0 Å². The van der Waals surface area contributed by atoms with Crippen molar-refractivity contribution in [3.05, 3.63) is 89.9 Å². The molecule has 3 aromatic rings. The number of hydrogen-bond acceptors (Lipinski definition) is 3. The van der Waals surface area contributed by atoms with Crippen LogP contribution < -0.4 is 10.2 Å². The van der Waals surface area contributed by atoms with Gasteiger partial charge in [0.2, 0.25) is 0 Å². The Labute approximate surface area is 187 Å². The molecule has 170 valence electrons. The van der Waals surface area contributed by atoms with Crippen LogP contribution in [0.1, 0.15) is 18.1 Å². The van der Waals surface area contributed by atoms with Gasteiger partial charge in [-0.25, -0.2) is 19.2 Å². The molecule has 0 bridgehead atoms. The monoisotopic (exact) mass is 455 g/mol. The van der Waals surface area contributed by atoms with E-state index in [1.165, 1.54) is 12.1 Å². The van der Waals surface area contributed by atoms with Gasteiger partial charge in [-0.15, -0.1) is 0 Å². The Bertz CT molecular complexity index is 1200. The first-order chi connectivity index (χ1) is 15.7. The number of halogens is 3. The molecule has 2 aromatic carbocycles. The van der Waals surface area contributed by atoms with Crippen molar-refractivity contribution in [3.63, 3.8) is 0 Å². The topological polar surface area (TPSA) is 70.5 Å². The lowest BCUT2D eigenvalue weighted by atomic mass is 10.1. The van der Waals surface area contributed by atoms with E-state index in [0.29, 0.717) is 5.70 Å². The van der Waals surface area contributed by atoms with Gasteiger partial charge in [-0.05, 0) is 43.3 Å². The van der Waals surface area contributed by atoms with E-state index in [4.69, 9.17) is 0 Å². The number of rotatable bonds is 4. The van der Waals surface area contributed by atoms with E-state index in [2.05, 4.69) is 10.4 Å². The molecule has 0 radical (unpaired) electrons. The van der Waals surface area contributed by atoms with Crippen LogP contribution in [0.15, 0.2) is 78.8 Å². The number of carbonyl (C=O) groups excluding carboxylic acids is 2. The molecule has 7 nitrogen and oxygen atoms in total. The lowest BCUT2D eigenvalue weighted by Crippen LogP contribution is -2.52. The average molecular weight is 455 g/mol. The second-order valence-electron chi connectivity index (χ2n) is 7.41. The largest absolute Gasteiger partial charge is 0.416 e. The Hall–Kier alpha value is -4.08. The Morgan fingerprint density at radius 3 is 2.55 bits per heavy atom. The van der Waals surface area contributed by atoms with Gasteiger partial charge in [0.05, 0.1) is 29.7 Å². The number of urea groups is 2. The molecular formula is C23H20F3N5O2. The van der Waals surface area contributed by atoms with Crippen molar-refractivity contribution >= 4 is 17.7 Å². The predicted molar refractivity (Wildman–Crippen MR) is 116 cm³/mol. The molecule has 2 heterocycles. The zero-order valence-electron chi connectivity index (χ0n) is 17.6. The number of carbonyl (C=O) groups is 2. The van der Waals surface area contributed by atoms with E-state index in [-0.39, 0.29) is 18.8 Å². The maximum atomic E-state index is 13.1. The number of nitrogens with zero attached hydrogens (tertiary/aromatic N) is 4. The van der Waals surface area contributed by atoms with Crippen LogP contribution in [0.2, 0.25) is 0 Å². The highest BCUT2D eigenvalue weighted by atomic mass is 19.4. The second kappa shape index (κ2) is 8.81. The summed E-state index contributed by atoms with van der Waals surface area (Å²) < 4.78 is 41.0. The molecule has 0 unspecified atom stereocenters. The number of imide groups is 1. The third kappa shape index (κ3) is 4.74. The quantitative estimate of drug-likeness (QED) is 0.606. The van der Waals surface area contributed by atoms with Gasteiger partial charge < -0.3 is 5.32 Å². The number of hydrogen-bond donors (Lipinski definition) is 1. The fourth-order valence-corrected chi connectivity index (χ4v) is 3.42. The van der Waals surface area contributed by atoms with Crippen molar-refractivity contribution in [1.29, 1.82) is 0 Å². The Morgan fingerprint density at radius 1 is 1.09 bits per heavy atom.